The Bertz CT molecular complexity index is 3540. The van der Waals surface area contributed by atoms with Gasteiger partial charge in [-0.1, -0.05) is 127 Å². The molecule has 5 aromatic heterocycles. The lowest BCUT2D eigenvalue weighted by molar-refractivity contribution is 0.667. The van der Waals surface area contributed by atoms with Gasteiger partial charge in [0, 0.05) is 73.5 Å². The molecule has 0 fully saturated rings. The molecule has 0 saturated heterocycles. The van der Waals surface area contributed by atoms with E-state index in [1.807, 2.05) is 54.6 Å². The minimum Gasteiger partial charge on any atom is -0.452 e. The molecule has 6 nitrogen and oxygen atoms in total. The molecule has 12 rings (SSSR count). The van der Waals surface area contributed by atoms with Crippen molar-refractivity contribution in [3.8, 4) is 56.8 Å². The highest BCUT2D eigenvalue weighted by Gasteiger charge is 2.21. The zero-order chi connectivity index (χ0) is 37.5. The highest BCUT2D eigenvalue weighted by molar-refractivity contribution is 7.26. The number of fused-ring (bicyclic) bond motifs is 9. The van der Waals surface area contributed by atoms with Gasteiger partial charge in [-0.05, 0) is 36.4 Å². The maximum Gasteiger partial charge on any atom is 0.180 e. The third kappa shape index (κ3) is 5.26. The molecule has 0 bridgehead atoms. The van der Waals surface area contributed by atoms with E-state index in [-0.39, 0.29) is 0 Å². The minimum atomic E-state index is 0.637. The minimum absolute atomic E-state index is 0.637. The third-order valence-corrected chi connectivity index (χ3v) is 12.8. The van der Waals surface area contributed by atoms with Gasteiger partial charge in [-0.3, -0.25) is 0 Å². The van der Waals surface area contributed by atoms with Crippen molar-refractivity contribution in [1.29, 1.82) is 0 Å². The molecule has 0 spiro atoms. The van der Waals surface area contributed by atoms with E-state index in [2.05, 4.69) is 109 Å². The van der Waals surface area contributed by atoms with Crippen molar-refractivity contribution in [3.63, 3.8) is 0 Å². The Morgan fingerprint density at radius 3 is 1.75 bits per heavy atom. The topological polar surface area (TPSA) is 77.6 Å². The molecule has 0 aliphatic carbocycles. The van der Waals surface area contributed by atoms with Gasteiger partial charge in [-0.25, -0.2) is 24.9 Å². The van der Waals surface area contributed by atoms with Crippen LogP contribution < -0.4 is 0 Å². The number of para-hydroxylation sites is 1. The zero-order valence-electron chi connectivity index (χ0n) is 30.0. The lowest BCUT2D eigenvalue weighted by Crippen LogP contribution is -2.00. The van der Waals surface area contributed by atoms with Gasteiger partial charge < -0.3 is 4.42 Å². The van der Waals surface area contributed by atoms with Crippen LogP contribution in [-0.2, 0) is 0 Å². The summed E-state index contributed by atoms with van der Waals surface area (Å²) in [6, 6.07) is 56.4. The number of thiophene rings is 2. The quantitative estimate of drug-likeness (QED) is 0.174. The molecule has 8 heteroatoms. The predicted octanol–water partition coefficient (Wildman–Crippen LogP) is 13.6. The molecule has 0 N–H and O–H groups in total. The Labute approximate surface area is 333 Å². The molecule has 57 heavy (non-hydrogen) atoms. The summed E-state index contributed by atoms with van der Waals surface area (Å²) in [7, 11) is 0. The molecule has 0 unspecified atom stereocenters. The largest absolute Gasteiger partial charge is 0.452 e. The molecule has 7 aromatic carbocycles. The first-order valence-corrected chi connectivity index (χ1v) is 20.3. The van der Waals surface area contributed by atoms with Crippen LogP contribution in [0.15, 0.2) is 168 Å². The molecular formula is C49H27N5OS2. The summed E-state index contributed by atoms with van der Waals surface area (Å²) in [6.45, 7) is 0. The summed E-state index contributed by atoms with van der Waals surface area (Å²) in [5, 5.41) is 5.72. The lowest BCUT2D eigenvalue weighted by atomic mass is 10.0. The first-order chi connectivity index (χ1) is 28.2. The summed E-state index contributed by atoms with van der Waals surface area (Å²) in [5.41, 5.74) is 7.84. The van der Waals surface area contributed by atoms with E-state index in [4.69, 9.17) is 29.3 Å². The van der Waals surface area contributed by atoms with Crippen LogP contribution in [0.5, 0.6) is 0 Å². The second-order valence-electron chi connectivity index (χ2n) is 14.0. The molecule has 0 aliphatic heterocycles. The van der Waals surface area contributed by atoms with Crippen LogP contribution in [0.2, 0.25) is 0 Å². The van der Waals surface area contributed by atoms with Crippen LogP contribution >= 0.6 is 22.7 Å². The summed E-state index contributed by atoms with van der Waals surface area (Å²) in [4.78, 5) is 25.7. The smallest absolute Gasteiger partial charge is 0.180 e. The van der Waals surface area contributed by atoms with Crippen molar-refractivity contribution in [1.82, 2.24) is 24.9 Å². The van der Waals surface area contributed by atoms with Crippen LogP contribution in [0.4, 0.5) is 0 Å². The Hall–Kier alpha value is -7.13. The Balaban J connectivity index is 1.03. The van der Waals surface area contributed by atoms with Crippen molar-refractivity contribution in [2.24, 2.45) is 0 Å². The predicted molar refractivity (Wildman–Crippen MR) is 236 cm³/mol. The van der Waals surface area contributed by atoms with Crippen LogP contribution in [0.1, 0.15) is 0 Å². The lowest BCUT2D eigenvalue weighted by Gasteiger charge is -2.10. The fourth-order valence-electron chi connectivity index (χ4n) is 7.87. The van der Waals surface area contributed by atoms with Crippen LogP contribution in [0.25, 0.3) is 119 Å². The van der Waals surface area contributed by atoms with Gasteiger partial charge in [-0.15, -0.1) is 22.7 Å². The SMILES string of the molecule is c1ccc(-c2nc(-c3ccc4c(c3)sc3ccccc34)nc(-c3cccc4sc5cc(-c6nc(-c7ccccc7)c7oc8ccccc8c7n6)ccc5c34)n2)cc1. The normalized spacial score (nSPS) is 11.9. The van der Waals surface area contributed by atoms with E-state index in [1.54, 1.807) is 22.7 Å². The fraction of sp³-hybridized carbons (Fsp3) is 0. The molecule has 266 valence electrons. The van der Waals surface area contributed by atoms with E-state index < -0.39 is 0 Å². The summed E-state index contributed by atoms with van der Waals surface area (Å²) >= 11 is 3.54. The molecule has 0 saturated carbocycles. The van der Waals surface area contributed by atoms with E-state index in [0.29, 0.717) is 28.9 Å². The van der Waals surface area contributed by atoms with E-state index in [9.17, 15) is 0 Å². The van der Waals surface area contributed by atoms with Gasteiger partial charge in [0.05, 0.1) is 0 Å². The average Bonchev–Trinajstić information content (AvgIpc) is 3.97. The van der Waals surface area contributed by atoms with Crippen molar-refractivity contribution >= 4 is 85.1 Å². The number of benzene rings is 7. The number of hydrogen-bond donors (Lipinski definition) is 0. The molecular weight excluding hydrogens is 739 g/mol. The third-order valence-electron chi connectivity index (χ3n) is 10.6. The van der Waals surface area contributed by atoms with Crippen molar-refractivity contribution in [2.45, 2.75) is 0 Å². The second kappa shape index (κ2) is 12.7. The monoisotopic (exact) mass is 765 g/mol. The van der Waals surface area contributed by atoms with Crippen LogP contribution in [0, 0.1) is 0 Å². The number of furan rings is 1. The molecule has 0 aliphatic rings. The van der Waals surface area contributed by atoms with Gasteiger partial charge in [-0.2, -0.15) is 0 Å². The van der Waals surface area contributed by atoms with Gasteiger partial charge in [0.15, 0.2) is 28.9 Å². The average molecular weight is 766 g/mol. The number of aromatic nitrogens is 5. The Morgan fingerprint density at radius 1 is 0.368 bits per heavy atom. The Kier molecular flexibility index (Phi) is 7.17. The van der Waals surface area contributed by atoms with Gasteiger partial charge in [0.25, 0.3) is 0 Å². The molecule has 0 atom stereocenters. The summed E-state index contributed by atoms with van der Waals surface area (Å²) in [5.74, 6) is 2.57. The van der Waals surface area contributed by atoms with Gasteiger partial charge >= 0.3 is 0 Å². The highest BCUT2D eigenvalue weighted by Crippen LogP contribution is 2.43. The first-order valence-electron chi connectivity index (χ1n) is 18.7. The highest BCUT2D eigenvalue weighted by atomic mass is 32.1. The number of hydrogen-bond acceptors (Lipinski definition) is 8. The molecule has 5 heterocycles. The van der Waals surface area contributed by atoms with Crippen molar-refractivity contribution < 1.29 is 4.42 Å². The summed E-state index contributed by atoms with van der Waals surface area (Å²) in [6.07, 6.45) is 0. The molecule has 0 radical (unpaired) electrons. The second-order valence-corrected chi connectivity index (χ2v) is 16.2. The Morgan fingerprint density at radius 2 is 0.947 bits per heavy atom. The van der Waals surface area contributed by atoms with E-state index >= 15 is 0 Å². The zero-order valence-corrected chi connectivity index (χ0v) is 31.7. The van der Waals surface area contributed by atoms with E-state index in [1.165, 1.54) is 20.2 Å². The van der Waals surface area contributed by atoms with Crippen molar-refractivity contribution in [2.75, 3.05) is 0 Å². The van der Waals surface area contributed by atoms with Crippen molar-refractivity contribution in [3.05, 3.63) is 164 Å². The summed E-state index contributed by atoms with van der Waals surface area (Å²) < 4.78 is 11.1. The molecule has 12 aromatic rings. The molecule has 0 amide bonds. The number of nitrogens with zero attached hydrogens (tertiary/aromatic N) is 5. The van der Waals surface area contributed by atoms with Gasteiger partial charge in [0.2, 0.25) is 0 Å². The standard InChI is InChI=1S/C49H27N5OS2/c1-3-12-28(13-4-1)43-45-44(34-17-7-9-19-37(34)55-45)51-47(50-43)30-23-25-35-41(27-30)57-39-21-11-18-36(42(35)39)49-53-46(29-14-5-2-6-15-29)52-48(54-49)31-22-24-33-32-16-8-10-20-38(32)56-40(33)26-31/h1-27H. The van der Waals surface area contributed by atoms with Crippen LogP contribution in [0.3, 0.4) is 0 Å². The maximum absolute atomic E-state index is 6.36. The van der Waals surface area contributed by atoms with Crippen LogP contribution in [-0.4, -0.2) is 24.9 Å². The fourth-order valence-corrected chi connectivity index (χ4v) is 10.2. The number of rotatable bonds is 5. The maximum atomic E-state index is 6.36. The van der Waals surface area contributed by atoms with E-state index in [0.717, 1.165) is 70.2 Å². The first kappa shape index (κ1) is 32.1. The van der Waals surface area contributed by atoms with Gasteiger partial charge in [0.1, 0.15) is 16.8 Å².